The van der Waals surface area contributed by atoms with E-state index in [9.17, 15) is 9.59 Å². The molecular formula is C26H20N2O3. The molecule has 0 radical (unpaired) electrons. The van der Waals surface area contributed by atoms with Crippen molar-refractivity contribution in [1.29, 1.82) is 0 Å². The monoisotopic (exact) mass is 408 g/mol. The lowest BCUT2D eigenvalue weighted by Gasteiger charge is -2.26. The Bertz CT molecular complexity index is 1180. The van der Waals surface area contributed by atoms with Gasteiger partial charge < -0.3 is 4.74 Å². The second kappa shape index (κ2) is 7.76. The van der Waals surface area contributed by atoms with Crippen LogP contribution in [0.3, 0.4) is 0 Å². The minimum absolute atomic E-state index is 0.147. The Labute approximate surface area is 180 Å². The van der Waals surface area contributed by atoms with Crippen LogP contribution < -0.4 is 4.74 Å². The zero-order chi connectivity index (χ0) is 21.4. The Morgan fingerprint density at radius 2 is 1.35 bits per heavy atom. The van der Waals surface area contributed by atoms with E-state index in [1.807, 2.05) is 60.7 Å². The topological polar surface area (TPSA) is 68.1 Å². The van der Waals surface area contributed by atoms with Crippen molar-refractivity contribution < 1.29 is 14.3 Å². The number of azo groups is 1. The zero-order valence-corrected chi connectivity index (χ0v) is 16.9. The lowest BCUT2D eigenvalue weighted by Crippen LogP contribution is -2.21. The molecule has 1 aliphatic heterocycles. The molecule has 1 heterocycles. The van der Waals surface area contributed by atoms with Crippen LogP contribution in [0.5, 0.6) is 5.75 Å². The van der Waals surface area contributed by atoms with Crippen LogP contribution in [0.15, 0.2) is 101 Å². The van der Waals surface area contributed by atoms with Gasteiger partial charge in [0.25, 0.3) is 0 Å². The molecule has 5 nitrogen and oxygen atoms in total. The highest BCUT2D eigenvalue weighted by atomic mass is 16.5. The predicted molar refractivity (Wildman–Crippen MR) is 116 cm³/mol. The van der Waals surface area contributed by atoms with Gasteiger partial charge in [0.1, 0.15) is 17.7 Å². The summed E-state index contributed by atoms with van der Waals surface area (Å²) in [5.41, 5.74) is 3.38. The summed E-state index contributed by atoms with van der Waals surface area (Å²) in [6.45, 7) is 0. The average molecular weight is 408 g/mol. The summed E-state index contributed by atoms with van der Waals surface area (Å²) in [6.07, 6.45) is 1.93. The Morgan fingerprint density at radius 1 is 0.742 bits per heavy atom. The highest BCUT2D eigenvalue weighted by molar-refractivity contribution is 6.28. The summed E-state index contributed by atoms with van der Waals surface area (Å²) in [5.74, 6) is -0.722. The number of fused-ring (bicyclic) bond motifs is 1. The molecule has 0 saturated heterocycles. The standard InChI is InChI=1S/C26H20N2O3/c1-31-18-13-11-17(12-14-18)24-21(16-7-3-2-4-8-16)15-22(27-28-24)23-25(29)19-9-5-6-10-20(19)26(23)30/h2-15,21,23-24H,1H3/t21-,24+/m1/s1. The van der Waals surface area contributed by atoms with Crippen LogP contribution in [0.1, 0.15) is 43.8 Å². The molecule has 0 N–H and O–H groups in total. The third-order valence-corrected chi connectivity index (χ3v) is 5.91. The molecule has 2 aliphatic rings. The summed E-state index contributed by atoms with van der Waals surface area (Å²) in [5, 5.41) is 8.97. The molecule has 0 amide bonds. The van der Waals surface area contributed by atoms with Gasteiger partial charge in [0.15, 0.2) is 11.6 Å². The summed E-state index contributed by atoms with van der Waals surface area (Å²) >= 11 is 0. The van der Waals surface area contributed by atoms with Gasteiger partial charge >= 0.3 is 0 Å². The molecule has 0 saturated carbocycles. The van der Waals surface area contributed by atoms with Gasteiger partial charge in [0.05, 0.1) is 12.8 Å². The summed E-state index contributed by atoms with van der Waals surface area (Å²) < 4.78 is 5.27. The quantitative estimate of drug-likeness (QED) is 0.530. The van der Waals surface area contributed by atoms with E-state index in [0.717, 1.165) is 16.9 Å². The fraction of sp³-hybridized carbons (Fsp3) is 0.154. The number of ketones is 2. The lowest BCUT2D eigenvalue weighted by atomic mass is 9.84. The van der Waals surface area contributed by atoms with E-state index >= 15 is 0 Å². The Hall–Kier alpha value is -3.86. The largest absolute Gasteiger partial charge is 0.497 e. The predicted octanol–water partition coefficient (Wildman–Crippen LogP) is 5.57. The van der Waals surface area contributed by atoms with Gasteiger partial charge in [-0.2, -0.15) is 10.2 Å². The average Bonchev–Trinajstić information content (AvgIpc) is 3.09. The van der Waals surface area contributed by atoms with E-state index in [1.54, 1.807) is 31.4 Å². The van der Waals surface area contributed by atoms with Gasteiger partial charge in [-0.15, -0.1) is 0 Å². The second-order valence-corrected chi connectivity index (χ2v) is 7.67. The van der Waals surface area contributed by atoms with Gasteiger partial charge in [-0.3, -0.25) is 9.59 Å². The molecule has 3 aromatic rings. The van der Waals surface area contributed by atoms with Gasteiger partial charge in [0.2, 0.25) is 0 Å². The van der Waals surface area contributed by atoms with Crippen molar-refractivity contribution in [2.75, 3.05) is 7.11 Å². The number of hydrogen-bond acceptors (Lipinski definition) is 5. The fourth-order valence-corrected chi connectivity index (χ4v) is 4.30. The van der Waals surface area contributed by atoms with E-state index in [4.69, 9.17) is 4.74 Å². The number of carbonyl (C=O) groups is 2. The first kappa shape index (κ1) is 19.1. The molecule has 1 aliphatic carbocycles. The minimum Gasteiger partial charge on any atom is -0.497 e. The molecule has 0 fully saturated rings. The van der Waals surface area contributed by atoms with Crippen LogP contribution in [-0.2, 0) is 0 Å². The molecule has 31 heavy (non-hydrogen) atoms. The number of ether oxygens (including phenoxy) is 1. The number of hydrogen-bond donors (Lipinski definition) is 0. The highest BCUT2D eigenvalue weighted by Crippen LogP contribution is 2.43. The number of allylic oxidation sites excluding steroid dienone is 1. The van der Waals surface area contributed by atoms with Crippen LogP contribution in [0.2, 0.25) is 0 Å². The SMILES string of the molecule is COc1ccc([C@@H]2N=NC(C3C(=O)c4ccccc4C3=O)=C[C@@H]2c2ccccc2)cc1. The first-order valence-electron chi connectivity index (χ1n) is 10.2. The maximum Gasteiger partial charge on any atom is 0.180 e. The van der Waals surface area contributed by atoms with Gasteiger partial charge in [-0.25, -0.2) is 0 Å². The minimum atomic E-state index is -0.927. The zero-order valence-electron chi connectivity index (χ0n) is 16.9. The van der Waals surface area contributed by atoms with Crippen molar-refractivity contribution in [3.05, 3.63) is 113 Å². The fourth-order valence-electron chi connectivity index (χ4n) is 4.30. The maximum absolute atomic E-state index is 13.0. The second-order valence-electron chi connectivity index (χ2n) is 7.67. The molecule has 5 rings (SSSR count). The molecule has 0 aromatic heterocycles. The van der Waals surface area contributed by atoms with E-state index in [-0.39, 0.29) is 23.5 Å². The van der Waals surface area contributed by atoms with Crippen molar-refractivity contribution in [1.82, 2.24) is 0 Å². The van der Waals surface area contributed by atoms with Crippen LogP contribution in [0, 0.1) is 5.92 Å². The number of benzene rings is 3. The summed E-state index contributed by atoms with van der Waals surface area (Å²) in [4.78, 5) is 26.0. The number of carbonyl (C=O) groups excluding carboxylic acids is 2. The van der Waals surface area contributed by atoms with E-state index in [2.05, 4.69) is 10.2 Å². The third kappa shape index (κ3) is 3.28. The number of Topliss-reactive ketones (excluding diaryl/α,β-unsaturated/α-hetero) is 2. The Balaban J connectivity index is 1.55. The van der Waals surface area contributed by atoms with Crippen LogP contribution in [0.25, 0.3) is 0 Å². The van der Waals surface area contributed by atoms with Gasteiger partial charge in [0, 0.05) is 17.0 Å². The first-order chi connectivity index (χ1) is 15.2. The van der Waals surface area contributed by atoms with Gasteiger partial charge in [-0.1, -0.05) is 66.7 Å². The molecule has 152 valence electrons. The van der Waals surface area contributed by atoms with E-state index in [1.165, 1.54) is 0 Å². The van der Waals surface area contributed by atoms with Crippen molar-refractivity contribution in [3.8, 4) is 5.75 Å². The number of methoxy groups -OCH3 is 1. The lowest BCUT2D eigenvalue weighted by molar-refractivity contribution is 0.0861. The van der Waals surface area contributed by atoms with Crippen molar-refractivity contribution in [2.24, 2.45) is 16.1 Å². The van der Waals surface area contributed by atoms with Crippen LogP contribution >= 0.6 is 0 Å². The molecule has 0 bridgehead atoms. The first-order valence-corrected chi connectivity index (χ1v) is 10.2. The van der Waals surface area contributed by atoms with Crippen LogP contribution in [0.4, 0.5) is 0 Å². The van der Waals surface area contributed by atoms with Crippen molar-refractivity contribution in [3.63, 3.8) is 0 Å². The van der Waals surface area contributed by atoms with Crippen LogP contribution in [-0.4, -0.2) is 18.7 Å². The molecule has 5 heteroatoms. The number of rotatable bonds is 4. The molecule has 2 atom stereocenters. The maximum atomic E-state index is 13.0. The van der Waals surface area contributed by atoms with Crippen molar-refractivity contribution in [2.45, 2.75) is 12.0 Å². The smallest absolute Gasteiger partial charge is 0.180 e. The Morgan fingerprint density at radius 3 is 1.97 bits per heavy atom. The summed E-state index contributed by atoms with van der Waals surface area (Å²) in [6, 6.07) is 24.4. The van der Waals surface area contributed by atoms with Crippen molar-refractivity contribution >= 4 is 11.6 Å². The molecule has 0 unspecified atom stereocenters. The highest BCUT2D eigenvalue weighted by Gasteiger charge is 2.42. The summed E-state index contributed by atoms with van der Waals surface area (Å²) in [7, 11) is 1.63. The van der Waals surface area contributed by atoms with E-state index < -0.39 is 5.92 Å². The third-order valence-electron chi connectivity index (χ3n) is 5.91. The Kier molecular flexibility index (Phi) is 4.79. The number of nitrogens with zero attached hydrogens (tertiary/aromatic N) is 2. The van der Waals surface area contributed by atoms with Gasteiger partial charge in [-0.05, 0) is 29.3 Å². The normalized spacial score (nSPS) is 20.5. The molecule has 3 aromatic carbocycles. The molecule has 0 spiro atoms. The van der Waals surface area contributed by atoms with E-state index in [0.29, 0.717) is 16.8 Å². The molecular weight excluding hydrogens is 388 g/mol.